The molecule has 0 fully saturated rings. The van der Waals surface area contributed by atoms with E-state index in [2.05, 4.69) is 33.2 Å². The van der Waals surface area contributed by atoms with Gasteiger partial charge in [0.15, 0.2) is 5.58 Å². The van der Waals surface area contributed by atoms with E-state index in [1.54, 1.807) is 12.1 Å². The van der Waals surface area contributed by atoms with E-state index in [1.807, 2.05) is 24.3 Å². The SMILES string of the molecule is CCc1cc(Br)c2oc(-c3ccc(NC(=O)c4ccc(F)cc4)cc3)nc2c1. The summed E-state index contributed by atoms with van der Waals surface area (Å²) in [5.74, 6) is -0.164. The minimum atomic E-state index is -0.378. The van der Waals surface area contributed by atoms with Crippen molar-refractivity contribution in [3.05, 3.63) is 82.1 Å². The summed E-state index contributed by atoms with van der Waals surface area (Å²) in [4.78, 5) is 16.8. The maximum atomic E-state index is 13.0. The summed E-state index contributed by atoms with van der Waals surface area (Å²) in [6, 6.07) is 16.7. The van der Waals surface area contributed by atoms with Crippen LogP contribution in [0.1, 0.15) is 22.8 Å². The highest BCUT2D eigenvalue weighted by Gasteiger charge is 2.12. The van der Waals surface area contributed by atoms with Gasteiger partial charge in [-0.2, -0.15) is 0 Å². The molecule has 0 saturated heterocycles. The third-order valence-electron chi connectivity index (χ3n) is 4.41. The first-order chi connectivity index (χ1) is 13.5. The Bertz CT molecular complexity index is 1150. The molecule has 4 aromatic rings. The lowest BCUT2D eigenvalue weighted by atomic mass is 10.1. The summed E-state index contributed by atoms with van der Waals surface area (Å²) in [5.41, 5.74) is 4.51. The third-order valence-corrected chi connectivity index (χ3v) is 5.00. The molecule has 0 saturated carbocycles. The standard InChI is InChI=1S/C22H16BrFN2O2/c1-2-13-11-18(23)20-19(12-13)26-22(28-20)15-5-9-17(10-6-15)25-21(27)14-3-7-16(24)8-4-14/h3-12H,2H2,1H3,(H,25,27). The molecule has 0 unspecified atom stereocenters. The van der Waals surface area contributed by atoms with Crippen molar-refractivity contribution in [2.24, 2.45) is 0 Å². The summed E-state index contributed by atoms with van der Waals surface area (Å²) in [6.45, 7) is 2.09. The summed E-state index contributed by atoms with van der Waals surface area (Å²) in [6.07, 6.45) is 0.916. The summed E-state index contributed by atoms with van der Waals surface area (Å²) < 4.78 is 19.8. The minimum Gasteiger partial charge on any atom is -0.435 e. The first-order valence-electron chi connectivity index (χ1n) is 8.80. The Morgan fingerprint density at radius 1 is 1.11 bits per heavy atom. The smallest absolute Gasteiger partial charge is 0.255 e. The van der Waals surface area contributed by atoms with Gasteiger partial charge in [0, 0.05) is 16.8 Å². The van der Waals surface area contributed by atoms with Gasteiger partial charge in [-0.1, -0.05) is 6.92 Å². The number of halogens is 2. The highest BCUT2D eigenvalue weighted by molar-refractivity contribution is 9.10. The van der Waals surface area contributed by atoms with Crippen molar-refractivity contribution in [3.63, 3.8) is 0 Å². The molecule has 4 nitrogen and oxygen atoms in total. The fourth-order valence-electron chi connectivity index (χ4n) is 2.87. The average molecular weight is 439 g/mol. The lowest BCUT2D eigenvalue weighted by Gasteiger charge is -2.05. The van der Waals surface area contributed by atoms with Crippen molar-refractivity contribution >= 4 is 38.6 Å². The molecule has 1 amide bonds. The van der Waals surface area contributed by atoms with Crippen LogP contribution in [0.5, 0.6) is 0 Å². The van der Waals surface area contributed by atoms with Gasteiger partial charge in [0.05, 0.1) is 4.47 Å². The maximum absolute atomic E-state index is 13.0. The van der Waals surface area contributed by atoms with Crippen LogP contribution in [-0.2, 0) is 6.42 Å². The number of aromatic nitrogens is 1. The van der Waals surface area contributed by atoms with E-state index in [1.165, 1.54) is 29.8 Å². The minimum absolute atomic E-state index is 0.300. The molecule has 4 rings (SSSR count). The van der Waals surface area contributed by atoms with Crippen LogP contribution in [0.4, 0.5) is 10.1 Å². The van der Waals surface area contributed by atoms with Crippen LogP contribution in [0, 0.1) is 5.82 Å². The van der Waals surface area contributed by atoms with Crippen LogP contribution in [0.2, 0.25) is 0 Å². The Balaban J connectivity index is 1.56. The summed E-state index contributed by atoms with van der Waals surface area (Å²) in [5, 5.41) is 2.79. The van der Waals surface area contributed by atoms with E-state index in [0.717, 1.165) is 22.0 Å². The van der Waals surface area contributed by atoms with Gasteiger partial charge in [-0.05, 0) is 88.6 Å². The molecular weight excluding hydrogens is 423 g/mol. The monoisotopic (exact) mass is 438 g/mol. The van der Waals surface area contributed by atoms with Gasteiger partial charge in [0.1, 0.15) is 11.3 Å². The van der Waals surface area contributed by atoms with Gasteiger partial charge in [0.25, 0.3) is 5.91 Å². The lowest BCUT2D eigenvalue weighted by molar-refractivity contribution is 0.102. The highest BCUT2D eigenvalue weighted by atomic mass is 79.9. The summed E-state index contributed by atoms with van der Waals surface area (Å²) in [7, 11) is 0. The number of anilines is 1. The van der Waals surface area contributed by atoms with Crippen LogP contribution in [0.25, 0.3) is 22.6 Å². The number of amides is 1. The molecule has 28 heavy (non-hydrogen) atoms. The fraction of sp³-hybridized carbons (Fsp3) is 0.0909. The van der Waals surface area contributed by atoms with Gasteiger partial charge in [0.2, 0.25) is 5.89 Å². The number of aryl methyl sites for hydroxylation is 1. The predicted octanol–water partition coefficient (Wildman–Crippen LogP) is 6.21. The average Bonchev–Trinajstić information content (AvgIpc) is 3.13. The zero-order valence-corrected chi connectivity index (χ0v) is 16.6. The number of carbonyl (C=O) groups is 1. The van der Waals surface area contributed by atoms with Gasteiger partial charge in [-0.15, -0.1) is 0 Å². The van der Waals surface area contributed by atoms with E-state index < -0.39 is 0 Å². The van der Waals surface area contributed by atoms with E-state index in [4.69, 9.17) is 4.42 Å². The van der Waals surface area contributed by atoms with Crippen molar-refractivity contribution in [2.45, 2.75) is 13.3 Å². The molecule has 0 aliphatic heterocycles. The molecule has 0 spiro atoms. The molecule has 0 bridgehead atoms. The molecule has 1 N–H and O–H groups in total. The predicted molar refractivity (Wildman–Crippen MR) is 111 cm³/mol. The lowest BCUT2D eigenvalue weighted by Crippen LogP contribution is -2.11. The second-order valence-corrected chi connectivity index (χ2v) is 7.19. The normalized spacial score (nSPS) is 11.0. The highest BCUT2D eigenvalue weighted by Crippen LogP contribution is 2.31. The van der Waals surface area contributed by atoms with E-state index in [9.17, 15) is 9.18 Å². The molecule has 1 heterocycles. The molecule has 0 atom stereocenters. The van der Waals surface area contributed by atoms with Crippen LogP contribution >= 0.6 is 15.9 Å². The molecule has 1 aromatic heterocycles. The van der Waals surface area contributed by atoms with Crippen molar-refractivity contribution in [3.8, 4) is 11.5 Å². The zero-order chi connectivity index (χ0) is 19.7. The molecule has 140 valence electrons. The number of hydrogen-bond acceptors (Lipinski definition) is 3. The van der Waals surface area contributed by atoms with Crippen LogP contribution < -0.4 is 5.32 Å². The Labute approximate surface area is 169 Å². The van der Waals surface area contributed by atoms with Gasteiger partial charge in [-0.25, -0.2) is 9.37 Å². The maximum Gasteiger partial charge on any atom is 0.255 e. The Morgan fingerprint density at radius 3 is 2.50 bits per heavy atom. The van der Waals surface area contributed by atoms with Gasteiger partial charge < -0.3 is 9.73 Å². The topological polar surface area (TPSA) is 55.1 Å². The van der Waals surface area contributed by atoms with Crippen molar-refractivity contribution in [2.75, 3.05) is 5.32 Å². The quantitative estimate of drug-likeness (QED) is 0.411. The number of nitrogens with zero attached hydrogens (tertiary/aromatic N) is 1. The van der Waals surface area contributed by atoms with E-state index in [-0.39, 0.29) is 11.7 Å². The molecule has 0 radical (unpaired) electrons. The van der Waals surface area contributed by atoms with Gasteiger partial charge in [-0.3, -0.25) is 4.79 Å². The van der Waals surface area contributed by atoms with Crippen LogP contribution in [0.15, 0.2) is 69.6 Å². The number of fused-ring (bicyclic) bond motifs is 1. The zero-order valence-electron chi connectivity index (χ0n) is 15.0. The van der Waals surface area contributed by atoms with Crippen molar-refractivity contribution in [1.29, 1.82) is 0 Å². The molecule has 6 heteroatoms. The second-order valence-electron chi connectivity index (χ2n) is 6.34. The number of oxazole rings is 1. The summed E-state index contributed by atoms with van der Waals surface area (Å²) >= 11 is 3.54. The van der Waals surface area contributed by atoms with Crippen LogP contribution in [-0.4, -0.2) is 10.9 Å². The first-order valence-corrected chi connectivity index (χ1v) is 9.59. The molecule has 0 aliphatic rings. The number of benzene rings is 3. The van der Waals surface area contributed by atoms with E-state index in [0.29, 0.717) is 22.7 Å². The second kappa shape index (κ2) is 7.56. The Kier molecular flexibility index (Phi) is 4.96. The molecular formula is C22H16BrFN2O2. The third kappa shape index (κ3) is 3.68. The number of nitrogens with one attached hydrogen (secondary N) is 1. The largest absolute Gasteiger partial charge is 0.435 e. The van der Waals surface area contributed by atoms with Crippen molar-refractivity contribution < 1.29 is 13.6 Å². The van der Waals surface area contributed by atoms with Crippen molar-refractivity contribution in [1.82, 2.24) is 4.98 Å². The van der Waals surface area contributed by atoms with E-state index >= 15 is 0 Å². The Hall–Kier alpha value is -2.99. The molecule has 0 aliphatic carbocycles. The van der Waals surface area contributed by atoms with Crippen LogP contribution in [0.3, 0.4) is 0 Å². The number of carbonyl (C=O) groups excluding carboxylic acids is 1. The van der Waals surface area contributed by atoms with Gasteiger partial charge >= 0.3 is 0 Å². The number of hydrogen-bond donors (Lipinski definition) is 1. The first kappa shape index (κ1) is 18.4. The Morgan fingerprint density at radius 2 is 1.82 bits per heavy atom. The number of rotatable bonds is 4. The molecule has 3 aromatic carbocycles. The fourth-order valence-corrected chi connectivity index (χ4v) is 3.45.